The summed E-state index contributed by atoms with van der Waals surface area (Å²) in [5.74, 6) is -1.38. The molecule has 0 aromatic heterocycles. The number of nitrogens with one attached hydrogen (secondary N) is 2. The van der Waals surface area contributed by atoms with Crippen LogP contribution in [0.3, 0.4) is 0 Å². The summed E-state index contributed by atoms with van der Waals surface area (Å²) in [5.41, 5.74) is 7.26. The van der Waals surface area contributed by atoms with Gasteiger partial charge in [-0.1, -0.05) is 18.6 Å². The van der Waals surface area contributed by atoms with Gasteiger partial charge in [-0.3, -0.25) is 29.4 Å². The van der Waals surface area contributed by atoms with Crippen LogP contribution in [0.1, 0.15) is 64.8 Å². The highest BCUT2D eigenvalue weighted by Gasteiger charge is 2.45. The number of hydrogen-bond acceptors (Lipinski definition) is 6. The lowest BCUT2D eigenvalue weighted by atomic mass is 9.85. The molecule has 1 saturated heterocycles. The van der Waals surface area contributed by atoms with Gasteiger partial charge in [0, 0.05) is 19.0 Å². The first-order valence-corrected chi connectivity index (χ1v) is 10.3. The number of carbonyl (C=O) groups is 4. The van der Waals surface area contributed by atoms with Gasteiger partial charge in [0.1, 0.15) is 6.04 Å². The minimum absolute atomic E-state index is 0.113. The minimum atomic E-state index is -0.940. The third kappa shape index (κ3) is 3.70. The van der Waals surface area contributed by atoms with Crippen molar-refractivity contribution in [3.05, 3.63) is 34.9 Å². The highest BCUT2D eigenvalue weighted by molar-refractivity contribution is 6.24. The largest absolute Gasteiger partial charge is 0.330 e. The molecule has 0 spiro atoms. The van der Waals surface area contributed by atoms with E-state index in [2.05, 4.69) is 10.6 Å². The van der Waals surface area contributed by atoms with Crippen LogP contribution in [0.15, 0.2) is 18.2 Å². The summed E-state index contributed by atoms with van der Waals surface area (Å²) in [7, 11) is 0. The maximum atomic E-state index is 13.1. The van der Waals surface area contributed by atoms with Crippen molar-refractivity contribution in [2.24, 2.45) is 11.7 Å². The van der Waals surface area contributed by atoms with Crippen molar-refractivity contribution in [1.82, 2.24) is 15.5 Å². The number of carbonyl (C=O) groups excluding carboxylic acids is 4. The molecule has 8 nitrogen and oxygen atoms in total. The quantitative estimate of drug-likeness (QED) is 0.628. The molecule has 154 valence electrons. The van der Waals surface area contributed by atoms with Crippen molar-refractivity contribution in [1.29, 1.82) is 0 Å². The summed E-state index contributed by atoms with van der Waals surface area (Å²) >= 11 is 0. The average molecular weight is 398 g/mol. The fourth-order valence-electron chi connectivity index (χ4n) is 4.68. The highest BCUT2D eigenvalue weighted by atomic mass is 16.2. The summed E-state index contributed by atoms with van der Waals surface area (Å²) < 4.78 is 0. The van der Waals surface area contributed by atoms with Crippen molar-refractivity contribution < 1.29 is 19.2 Å². The van der Waals surface area contributed by atoms with Gasteiger partial charge in [0.15, 0.2) is 0 Å². The van der Waals surface area contributed by atoms with Crippen LogP contribution < -0.4 is 16.4 Å². The fourth-order valence-corrected chi connectivity index (χ4v) is 4.68. The third-order valence-electron chi connectivity index (χ3n) is 6.25. The Labute approximate surface area is 169 Å². The standard InChI is InChI=1S/C21H26N4O4/c22-10-12-3-1-5-14(9-12)23-11-13-4-2-6-15-18(13)21(29)25(20(15)28)16-7-8-17(26)24-19(16)27/h2,4,6,12,14,16,23H,1,3,5,7-11,22H2,(H,24,26,27). The molecule has 29 heavy (non-hydrogen) atoms. The number of hydrogen-bond donors (Lipinski definition) is 3. The summed E-state index contributed by atoms with van der Waals surface area (Å²) in [6, 6.07) is 4.62. The Morgan fingerprint density at radius 1 is 1.10 bits per heavy atom. The second-order valence-corrected chi connectivity index (χ2v) is 8.13. The number of nitrogens with zero attached hydrogens (tertiary/aromatic N) is 1. The minimum Gasteiger partial charge on any atom is -0.330 e. The molecule has 4 amide bonds. The van der Waals surface area contributed by atoms with E-state index in [1.54, 1.807) is 12.1 Å². The van der Waals surface area contributed by atoms with E-state index >= 15 is 0 Å². The van der Waals surface area contributed by atoms with Crippen LogP contribution in [0.4, 0.5) is 0 Å². The van der Waals surface area contributed by atoms with E-state index < -0.39 is 23.8 Å². The van der Waals surface area contributed by atoms with Crippen molar-refractivity contribution in [3.8, 4) is 0 Å². The molecule has 1 aromatic carbocycles. The molecular formula is C21H26N4O4. The van der Waals surface area contributed by atoms with Crippen LogP contribution in [-0.4, -0.2) is 47.2 Å². The zero-order chi connectivity index (χ0) is 20.5. The second kappa shape index (κ2) is 8.04. The Bertz CT molecular complexity index is 868. The number of fused-ring (bicyclic) bond motifs is 1. The van der Waals surface area contributed by atoms with Crippen molar-refractivity contribution >= 4 is 23.6 Å². The Balaban J connectivity index is 1.52. The zero-order valence-corrected chi connectivity index (χ0v) is 16.3. The van der Waals surface area contributed by atoms with E-state index in [0.29, 0.717) is 36.2 Å². The van der Waals surface area contributed by atoms with E-state index in [-0.39, 0.29) is 18.7 Å². The molecule has 4 N–H and O–H groups in total. The molecule has 2 fully saturated rings. The van der Waals surface area contributed by atoms with Crippen LogP contribution in [0, 0.1) is 5.92 Å². The summed E-state index contributed by atoms with van der Waals surface area (Å²) in [6.07, 6.45) is 4.65. The van der Waals surface area contributed by atoms with E-state index in [4.69, 9.17) is 5.73 Å². The number of imide groups is 2. The smallest absolute Gasteiger partial charge is 0.262 e. The molecule has 4 rings (SSSR count). The normalized spacial score (nSPS) is 27.2. The molecule has 1 aromatic rings. The molecule has 3 atom stereocenters. The molecule has 2 aliphatic heterocycles. The molecule has 0 bridgehead atoms. The number of rotatable bonds is 5. The first kappa shape index (κ1) is 19.7. The first-order chi connectivity index (χ1) is 14.0. The van der Waals surface area contributed by atoms with Gasteiger partial charge >= 0.3 is 0 Å². The number of piperidine rings is 1. The van der Waals surface area contributed by atoms with Gasteiger partial charge in [0.2, 0.25) is 11.8 Å². The van der Waals surface area contributed by atoms with E-state index in [9.17, 15) is 19.2 Å². The lowest BCUT2D eigenvalue weighted by Gasteiger charge is -2.29. The van der Waals surface area contributed by atoms with Gasteiger partial charge < -0.3 is 11.1 Å². The predicted molar refractivity (Wildman–Crippen MR) is 105 cm³/mol. The van der Waals surface area contributed by atoms with Crippen LogP contribution in [-0.2, 0) is 16.1 Å². The van der Waals surface area contributed by atoms with Gasteiger partial charge in [-0.25, -0.2) is 0 Å². The monoisotopic (exact) mass is 398 g/mol. The molecular weight excluding hydrogens is 372 g/mol. The summed E-state index contributed by atoms with van der Waals surface area (Å²) in [5, 5.41) is 5.73. The first-order valence-electron chi connectivity index (χ1n) is 10.3. The highest BCUT2D eigenvalue weighted by Crippen LogP contribution is 2.30. The van der Waals surface area contributed by atoms with E-state index in [1.165, 1.54) is 0 Å². The van der Waals surface area contributed by atoms with Crippen molar-refractivity contribution in [2.45, 2.75) is 57.2 Å². The number of benzene rings is 1. The maximum absolute atomic E-state index is 13.1. The molecule has 1 saturated carbocycles. The van der Waals surface area contributed by atoms with E-state index in [1.807, 2.05) is 6.07 Å². The van der Waals surface area contributed by atoms with Gasteiger partial charge in [-0.2, -0.15) is 0 Å². The number of amides is 4. The zero-order valence-electron chi connectivity index (χ0n) is 16.3. The lowest BCUT2D eigenvalue weighted by molar-refractivity contribution is -0.136. The lowest BCUT2D eigenvalue weighted by Crippen LogP contribution is -2.54. The molecule has 2 heterocycles. The Morgan fingerprint density at radius 2 is 1.93 bits per heavy atom. The molecule has 3 aliphatic rings. The van der Waals surface area contributed by atoms with Crippen LogP contribution >= 0.6 is 0 Å². The maximum Gasteiger partial charge on any atom is 0.262 e. The Morgan fingerprint density at radius 3 is 2.69 bits per heavy atom. The average Bonchev–Trinajstić information content (AvgIpc) is 2.98. The molecule has 8 heteroatoms. The van der Waals surface area contributed by atoms with Crippen molar-refractivity contribution in [2.75, 3.05) is 6.54 Å². The summed E-state index contributed by atoms with van der Waals surface area (Å²) in [6.45, 7) is 1.17. The van der Waals surface area contributed by atoms with Gasteiger partial charge in [-0.15, -0.1) is 0 Å². The predicted octanol–water partition coefficient (Wildman–Crippen LogP) is 0.695. The Kier molecular flexibility index (Phi) is 5.47. The van der Waals surface area contributed by atoms with Gasteiger partial charge in [-0.05, 0) is 49.8 Å². The van der Waals surface area contributed by atoms with Gasteiger partial charge in [0.05, 0.1) is 11.1 Å². The van der Waals surface area contributed by atoms with E-state index in [0.717, 1.165) is 36.1 Å². The molecule has 3 unspecified atom stereocenters. The SMILES string of the molecule is NCC1CCCC(NCc2cccc3c2C(=O)N(C2CCC(=O)NC2=O)C3=O)C1. The van der Waals surface area contributed by atoms with Gasteiger partial charge in [0.25, 0.3) is 11.8 Å². The molecule has 0 radical (unpaired) electrons. The summed E-state index contributed by atoms with van der Waals surface area (Å²) in [4.78, 5) is 50.6. The Hall–Kier alpha value is -2.58. The fraction of sp³-hybridized carbons (Fsp3) is 0.524. The number of nitrogens with two attached hydrogens (primary N) is 1. The van der Waals surface area contributed by atoms with Crippen molar-refractivity contribution in [3.63, 3.8) is 0 Å². The topological polar surface area (TPSA) is 122 Å². The second-order valence-electron chi connectivity index (χ2n) is 8.13. The van der Waals surface area contributed by atoms with Crippen LogP contribution in [0.5, 0.6) is 0 Å². The van der Waals surface area contributed by atoms with Crippen LogP contribution in [0.2, 0.25) is 0 Å². The van der Waals surface area contributed by atoms with Crippen LogP contribution in [0.25, 0.3) is 0 Å². The third-order valence-corrected chi connectivity index (χ3v) is 6.25. The molecule has 1 aliphatic carbocycles.